The maximum absolute atomic E-state index is 14.7. The summed E-state index contributed by atoms with van der Waals surface area (Å²) in [6, 6.07) is 5.02. The molecular formula is C29H37FN4O4. The number of aryl methyl sites for hydroxylation is 1. The summed E-state index contributed by atoms with van der Waals surface area (Å²) in [5.74, 6) is 1.41. The number of aliphatic hydroxyl groups excluding tert-OH is 1. The van der Waals surface area contributed by atoms with E-state index in [2.05, 4.69) is 28.5 Å². The monoisotopic (exact) mass is 524 g/mol. The van der Waals surface area contributed by atoms with Gasteiger partial charge in [0.05, 0.1) is 18.8 Å². The number of hydrogen-bond donors (Lipinski definition) is 3. The van der Waals surface area contributed by atoms with Gasteiger partial charge >= 0.3 is 0 Å². The summed E-state index contributed by atoms with van der Waals surface area (Å²) < 4.78 is 20.3. The van der Waals surface area contributed by atoms with Crippen molar-refractivity contribution in [2.45, 2.75) is 70.2 Å². The molecule has 8 nitrogen and oxygen atoms in total. The number of rotatable bonds is 7. The van der Waals surface area contributed by atoms with E-state index in [0.717, 1.165) is 17.5 Å². The summed E-state index contributed by atoms with van der Waals surface area (Å²) in [4.78, 5) is 31.7. The van der Waals surface area contributed by atoms with Crippen LogP contribution < -0.4 is 15.4 Å². The molecule has 0 saturated heterocycles. The Balaban J connectivity index is 1.80. The maximum atomic E-state index is 14.7. The Bertz CT molecular complexity index is 1140. The quantitative estimate of drug-likeness (QED) is 0.481. The lowest BCUT2D eigenvalue weighted by molar-refractivity contribution is -0.139. The van der Waals surface area contributed by atoms with Gasteiger partial charge < -0.3 is 25.4 Å². The van der Waals surface area contributed by atoms with Crippen molar-refractivity contribution in [3.63, 3.8) is 0 Å². The Morgan fingerprint density at radius 3 is 2.82 bits per heavy atom. The second kappa shape index (κ2) is 14.5. The van der Waals surface area contributed by atoms with Crippen LogP contribution in [0.25, 0.3) is 0 Å². The number of nitrogens with one attached hydrogen (secondary N) is 2. The maximum Gasteiger partial charge on any atom is 0.244 e. The molecule has 9 heteroatoms. The Kier molecular flexibility index (Phi) is 11.1. The van der Waals surface area contributed by atoms with Gasteiger partial charge in [0.25, 0.3) is 0 Å². The molecule has 38 heavy (non-hydrogen) atoms. The highest BCUT2D eigenvalue weighted by molar-refractivity contribution is 5.88. The highest BCUT2D eigenvalue weighted by atomic mass is 19.1. The molecule has 3 N–H and O–H groups in total. The van der Waals surface area contributed by atoms with Gasteiger partial charge in [-0.05, 0) is 54.5 Å². The van der Waals surface area contributed by atoms with Crippen molar-refractivity contribution in [2.75, 3.05) is 20.2 Å². The summed E-state index contributed by atoms with van der Waals surface area (Å²) in [5.41, 5.74) is 2.68. The van der Waals surface area contributed by atoms with Crippen molar-refractivity contribution >= 4 is 11.8 Å². The second-order valence-electron chi connectivity index (χ2n) is 9.57. The summed E-state index contributed by atoms with van der Waals surface area (Å²) in [6.45, 7) is 2.97. The molecule has 2 aliphatic heterocycles. The van der Waals surface area contributed by atoms with E-state index < -0.39 is 29.9 Å². The molecule has 2 aliphatic rings. The van der Waals surface area contributed by atoms with E-state index in [0.29, 0.717) is 24.9 Å². The minimum atomic E-state index is -1.01. The number of amides is 2. The van der Waals surface area contributed by atoms with Crippen molar-refractivity contribution in [3.05, 3.63) is 59.2 Å². The summed E-state index contributed by atoms with van der Waals surface area (Å²) in [5, 5.41) is 17.2. The number of hydrogen-bond acceptors (Lipinski definition) is 6. The van der Waals surface area contributed by atoms with E-state index in [1.54, 1.807) is 25.4 Å². The molecule has 3 unspecified atom stereocenters. The van der Waals surface area contributed by atoms with Gasteiger partial charge in [0.1, 0.15) is 6.04 Å². The molecule has 0 radical (unpaired) electrons. The van der Waals surface area contributed by atoms with Crippen LogP contribution in [-0.2, 0) is 29.0 Å². The fourth-order valence-electron chi connectivity index (χ4n) is 4.37. The first-order valence-corrected chi connectivity index (χ1v) is 13.0. The van der Waals surface area contributed by atoms with Crippen LogP contribution in [0.2, 0.25) is 0 Å². The lowest BCUT2D eigenvalue weighted by Gasteiger charge is -2.30. The van der Waals surface area contributed by atoms with Crippen LogP contribution in [-0.4, -0.2) is 65.2 Å². The lowest BCUT2D eigenvalue weighted by Crippen LogP contribution is -2.55. The predicted molar refractivity (Wildman–Crippen MR) is 143 cm³/mol. The third-order valence-electron chi connectivity index (χ3n) is 6.70. The standard InChI is InChI=1S/C29H37FN4O4/c1-4-8-25-29(37)33-24(26(35)19-32-18-22-13-20(5-2)16-31-17-22)15-21-10-11-27(23(30)14-21)38-12-7-6-9-28(36)34(25)3/h1,10-11,13-14,16-17,24-26,32,35H,5-9,12,15,18-19H2,2-3H3,(H,33,37). The van der Waals surface area contributed by atoms with E-state index in [-0.39, 0.29) is 44.1 Å². The number of aromatic nitrogens is 1. The van der Waals surface area contributed by atoms with Crippen molar-refractivity contribution in [3.8, 4) is 18.1 Å². The van der Waals surface area contributed by atoms with Gasteiger partial charge in [-0.25, -0.2) is 4.39 Å². The van der Waals surface area contributed by atoms with Crippen molar-refractivity contribution in [2.24, 2.45) is 0 Å². The number of aliphatic hydroxyl groups is 1. The number of nitrogens with zero attached hydrogens (tertiary/aromatic N) is 2. The van der Waals surface area contributed by atoms with Gasteiger partial charge in [-0.1, -0.05) is 19.1 Å². The first-order chi connectivity index (χ1) is 18.3. The molecule has 4 rings (SSSR count). The number of fused-ring (bicyclic) bond motifs is 13. The van der Waals surface area contributed by atoms with Crippen LogP contribution in [0.5, 0.6) is 5.75 Å². The predicted octanol–water partition coefficient (Wildman–Crippen LogP) is 2.37. The molecule has 3 heterocycles. The molecule has 1 aromatic heterocycles. The van der Waals surface area contributed by atoms with E-state index >= 15 is 0 Å². The number of ether oxygens (including phenoxy) is 1. The summed E-state index contributed by atoms with van der Waals surface area (Å²) in [7, 11) is 1.56. The van der Waals surface area contributed by atoms with E-state index in [9.17, 15) is 19.1 Å². The highest BCUT2D eigenvalue weighted by Gasteiger charge is 2.30. The van der Waals surface area contributed by atoms with Gasteiger partial charge in [0.15, 0.2) is 11.6 Å². The van der Waals surface area contributed by atoms with Crippen LogP contribution in [0, 0.1) is 18.2 Å². The second-order valence-corrected chi connectivity index (χ2v) is 9.57. The van der Waals surface area contributed by atoms with Crippen molar-refractivity contribution in [1.82, 2.24) is 20.5 Å². The normalized spacial score (nSPS) is 19.9. The van der Waals surface area contributed by atoms with Crippen molar-refractivity contribution in [1.29, 1.82) is 0 Å². The first kappa shape index (κ1) is 29.1. The number of carbonyl (C=O) groups excluding carboxylic acids is 2. The molecule has 0 saturated carbocycles. The molecule has 0 fully saturated rings. The van der Waals surface area contributed by atoms with Gasteiger partial charge in [0.2, 0.25) is 11.8 Å². The Morgan fingerprint density at radius 2 is 2.08 bits per heavy atom. The topological polar surface area (TPSA) is 104 Å². The number of pyridine rings is 1. The average Bonchev–Trinajstić information content (AvgIpc) is 2.91. The summed E-state index contributed by atoms with van der Waals surface area (Å²) >= 11 is 0. The number of halogens is 1. The Labute approximate surface area is 224 Å². The minimum Gasteiger partial charge on any atom is -0.491 e. The zero-order valence-corrected chi connectivity index (χ0v) is 22.1. The molecule has 2 amide bonds. The van der Waals surface area contributed by atoms with E-state index in [1.165, 1.54) is 11.0 Å². The van der Waals surface area contributed by atoms with Gasteiger partial charge in [-0.2, -0.15) is 0 Å². The van der Waals surface area contributed by atoms with Crippen LogP contribution in [0.4, 0.5) is 4.39 Å². The fourth-order valence-corrected chi connectivity index (χ4v) is 4.37. The zero-order chi connectivity index (χ0) is 27.5. The minimum absolute atomic E-state index is 0.0301. The smallest absolute Gasteiger partial charge is 0.244 e. The van der Waals surface area contributed by atoms with Gasteiger partial charge in [-0.15, -0.1) is 12.3 Å². The molecule has 3 atom stereocenters. The van der Waals surface area contributed by atoms with Crippen LogP contribution >= 0.6 is 0 Å². The molecule has 0 spiro atoms. The Hall–Kier alpha value is -3.48. The van der Waals surface area contributed by atoms with E-state index in [4.69, 9.17) is 11.2 Å². The zero-order valence-electron chi connectivity index (χ0n) is 22.1. The van der Waals surface area contributed by atoms with E-state index in [1.807, 2.05) is 12.3 Å². The first-order valence-electron chi connectivity index (χ1n) is 13.0. The highest BCUT2D eigenvalue weighted by Crippen LogP contribution is 2.21. The fraction of sp³-hybridized carbons (Fsp3) is 0.483. The molecule has 1 aromatic carbocycles. The molecular weight excluding hydrogens is 487 g/mol. The molecule has 0 aliphatic carbocycles. The SMILES string of the molecule is C#CCC1C(=O)NC(C(O)CNCc2cncc(CC)c2)Cc2ccc(c(F)c2)OCCCCC(=O)N1C. The number of likely N-dealkylation sites (N-methyl/N-ethyl adjacent to an activating group) is 1. The molecule has 204 valence electrons. The Morgan fingerprint density at radius 1 is 1.29 bits per heavy atom. The van der Waals surface area contributed by atoms with Crippen LogP contribution in [0.3, 0.4) is 0 Å². The molecule has 2 bridgehead atoms. The van der Waals surface area contributed by atoms with Gasteiger partial charge in [0, 0.05) is 45.4 Å². The summed E-state index contributed by atoms with van der Waals surface area (Å²) in [6.07, 6.45) is 10.4. The lowest BCUT2D eigenvalue weighted by atomic mass is 9.99. The van der Waals surface area contributed by atoms with Crippen molar-refractivity contribution < 1.29 is 23.8 Å². The average molecular weight is 525 g/mol. The number of benzene rings is 1. The number of terminal acetylenes is 1. The largest absolute Gasteiger partial charge is 0.491 e. The number of carbonyl (C=O) groups is 2. The van der Waals surface area contributed by atoms with Crippen LogP contribution in [0.15, 0.2) is 36.7 Å². The third-order valence-corrected chi connectivity index (χ3v) is 6.70. The van der Waals surface area contributed by atoms with Crippen LogP contribution in [0.1, 0.15) is 49.3 Å². The molecule has 2 aromatic rings. The third kappa shape index (κ3) is 8.27. The van der Waals surface area contributed by atoms with Gasteiger partial charge in [-0.3, -0.25) is 14.6 Å².